The number of fused-ring (bicyclic) bond motifs is 1. The second-order valence-corrected chi connectivity index (χ2v) is 8.38. The molecule has 2 aromatic rings. The van der Waals surface area contributed by atoms with Crippen LogP contribution < -0.4 is 5.69 Å². The first-order chi connectivity index (χ1) is 13.2. The lowest BCUT2D eigenvalue weighted by molar-refractivity contribution is -0.137. The monoisotopic (exact) mass is 453 g/mol. The predicted molar refractivity (Wildman–Crippen MR) is 108 cm³/mol. The van der Waals surface area contributed by atoms with Crippen molar-refractivity contribution in [2.24, 2.45) is 0 Å². The fourth-order valence-electron chi connectivity index (χ4n) is 4.52. The number of benzene rings is 1. The lowest BCUT2D eigenvalue weighted by Crippen LogP contribution is -2.53. The largest absolute Gasteiger partial charge is 0.417 e. The number of halogens is 5. The fraction of sp³-hybridized carbons (Fsp3) is 0.632. The highest BCUT2D eigenvalue weighted by atomic mass is 35.5. The van der Waals surface area contributed by atoms with Crippen molar-refractivity contribution in [1.82, 2.24) is 14.5 Å². The van der Waals surface area contributed by atoms with E-state index in [1.165, 1.54) is 6.07 Å². The Morgan fingerprint density at radius 2 is 1.83 bits per heavy atom. The minimum atomic E-state index is -4.56. The molecule has 0 atom stereocenters. The Balaban J connectivity index is 0.00000240. The maximum Gasteiger partial charge on any atom is 0.417 e. The molecular formula is C19H24Cl2F3N3O2. The highest BCUT2D eigenvalue weighted by Crippen LogP contribution is 2.38. The summed E-state index contributed by atoms with van der Waals surface area (Å²) < 4.78 is 46.3. The normalized spacial score (nSPS) is 21.3. The van der Waals surface area contributed by atoms with Crippen LogP contribution in [-0.4, -0.2) is 46.3 Å². The van der Waals surface area contributed by atoms with Gasteiger partial charge < -0.3 is 9.72 Å². The van der Waals surface area contributed by atoms with E-state index in [2.05, 4.69) is 16.8 Å². The summed E-state index contributed by atoms with van der Waals surface area (Å²) in [7, 11) is 0. The van der Waals surface area contributed by atoms with E-state index in [9.17, 15) is 18.0 Å². The molecule has 3 heterocycles. The lowest BCUT2D eigenvalue weighted by Gasteiger charge is -2.47. The van der Waals surface area contributed by atoms with Crippen LogP contribution in [0.15, 0.2) is 16.9 Å². The summed E-state index contributed by atoms with van der Waals surface area (Å²) in [6.45, 7) is 5.46. The Hall–Kier alpha value is -1.22. The molecule has 2 saturated heterocycles. The average Bonchev–Trinajstić information content (AvgIpc) is 2.96. The average molecular weight is 454 g/mol. The summed E-state index contributed by atoms with van der Waals surface area (Å²) in [5, 5.41) is -0.389. The standard InChI is InChI=1S/C19H23ClF3N3O2.ClH/c1-18(4-8-28-9-5-18)25-6-2-12(3-7-25)26-16-11-14(20)13(19(21,22)23)10-15(16)24-17(26)27;/h10-12H,2-9H2,1H3,(H,24,27);1H. The van der Waals surface area contributed by atoms with Gasteiger partial charge in [-0.15, -0.1) is 12.4 Å². The van der Waals surface area contributed by atoms with Gasteiger partial charge in [0, 0.05) is 37.9 Å². The molecule has 162 valence electrons. The number of rotatable bonds is 2. The van der Waals surface area contributed by atoms with Gasteiger partial charge in [0.05, 0.1) is 21.6 Å². The number of nitrogens with one attached hydrogen (secondary N) is 1. The Morgan fingerprint density at radius 1 is 1.21 bits per heavy atom. The highest BCUT2D eigenvalue weighted by molar-refractivity contribution is 6.32. The number of hydrogen-bond acceptors (Lipinski definition) is 3. The number of ether oxygens (including phenoxy) is 1. The molecule has 0 unspecified atom stereocenters. The Bertz CT molecular complexity index is 927. The van der Waals surface area contributed by atoms with E-state index in [1.807, 2.05) is 0 Å². The third-order valence-electron chi connectivity index (χ3n) is 6.27. The third kappa shape index (κ3) is 4.17. The zero-order valence-corrected chi connectivity index (χ0v) is 17.6. The zero-order valence-electron chi connectivity index (χ0n) is 16.0. The molecule has 4 rings (SSSR count). The molecule has 0 bridgehead atoms. The van der Waals surface area contributed by atoms with Gasteiger partial charge >= 0.3 is 11.9 Å². The highest BCUT2D eigenvalue weighted by Gasteiger charge is 2.37. The molecule has 1 aromatic carbocycles. The molecule has 2 aliphatic heterocycles. The van der Waals surface area contributed by atoms with Crippen LogP contribution in [-0.2, 0) is 10.9 Å². The van der Waals surface area contributed by atoms with Crippen molar-refractivity contribution in [3.05, 3.63) is 33.2 Å². The quantitative estimate of drug-likeness (QED) is 0.720. The SMILES string of the molecule is CC1(N2CCC(n3c(=O)[nH]c4cc(C(F)(F)F)c(Cl)cc43)CC2)CCOCC1.Cl. The van der Waals surface area contributed by atoms with E-state index in [0.717, 1.165) is 58.1 Å². The number of piperidine rings is 1. The summed E-state index contributed by atoms with van der Waals surface area (Å²) >= 11 is 5.88. The van der Waals surface area contributed by atoms with Crippen LogP contribution >= 0.6 is 24.0 Å². The van der Waals surface area contributed by atoms with Crippen molar-refractivity contribution in [2.45, 2.75) is 50.4 Å². The Morgan fingerprint density at radius 3 is 2.41 bits per heavy atom. The maximum absolute atomic E-state index is 13.1. The van der Waals surface area contributed by atoms with Crippen LogP contribution in [0.1, 0.15) is 44.2 Å². The van der Waals surface area contributed by atoms with Gasteiger partial charge in [0.25, 0.3) is 0 Å². The topological polar surface area (TPSA) is 50.3 Å². The van der Waals surface area contributed by atoms with Gasteiger partial charge in [0.2, 0.25) is 0 Å². The first-order valence-corrected chi connectivity index (χ1v) is 9.91. The van der Waals surface area contributed by atoms with Crippen LogP contribution in [0.25, 0.3) is 11.0 Å². The van der Waals surface area contributed by atoms with E-state index in [1.54, 1.807) is 4.57 Å². The number of H-pyrrole nitrogens is 1. The molecule has 10 heteroatoms. The number of aromatic nitrogens is 2. The van der Waals surface area contributed by atoms with E-state index >= 15 is 0 Å². The number of likely N-dealkylation sites (tertiary alicyclic amines) is 1. The Labute approximate surface area is 177 Å². The molecule has 5 nitrogen and oxygen atoms in total. The Kier molecular flexibility index (Phi) is 6.30. The van der Waals surface area contributed by atoms with Gasteiger partial charge in [0.1, 0.15) is 0 Å². The maximum atomic E-state index is 13.1. The minimum absolute atomic E-state index is 0. The molecule has 0 amide bonds. The summed E-state index contributed by atoms with van der Waals surface area (Å²) in [6.07, 6.45) is -1.06. The molecule has 2 fully saturated rings. The summed E-state index contributed by atoms with van der Waals surface area (Å²) in [4.78, 5) is 17.5. The fourth-order valence-corrected chi connectivity index (χ4v) is 4.78. The second kappa shape index (κ2) is 8.13. The molecule has 2 aliphatic rings. The van der Waals surface area contributed by atoms with Crippen LogP contribution in [0.3, 0.4) is 0 Å². The molecule has 0 saturated carbocycles. The molecule has 0 radical (unpaired) electrons. The van der Waals surface area contributed by atoms with E-state index in [0.29, 0.717) is 5.52 Å². The van der Waals surface area contributed by atoms with Crippen LogP contribution in [0.5, 0.6) is 0 Å². The third-order valence-corrected chi connectivity index (χ3v) is 6.59. The van der Waals surface area contributed by atoms with Crippen molar-refractivity contribution < 1.29 is 17.9 Å². The summed E-state index contributed by atoms with van der Waals surface area (Å²) in [5.41, 5.74) is -0.614. The molecule has 0 aliphatic carbocycles. The van der Waals surface area contributed by atoms with Crippen molar-refractivity contribution in [2.75, 3.05) is 26.3 Å². The number of nitrogens with zero attached hydrogens (tertiary/aromatic N) is 2. The first kappa shape index (κ1) is 22.5. The number of imidazole rings is 1. The second-order valence-electron chi connectivity index (χ2n) is 7.97. The lowest BCUT2D eigenvalue weighted by atomic mass is 9.87. The van der Waals surface area contributed by atoms with E-state index < -0.39 is 11.7 Å². The van der Waals surface area contributed by atoms with Gasteiger partial charge in [-0.3, -0.25) is 9.47 Å². The number of alkyl halides is 3. The minimum Gasteiger partial charge on any atom is -0.381 e. The number of aromatic amines is 1. The van der Waals surface area contributed by atoms with Crippen LogP contribution in [0, 0.1) is 0 Å². The summed E-state index contributed by atoms with van der Waals surface area (Å²) in [6, 6.07) is 2.12. The van der Waals surface area contributed by atoms with Crippen molar-refractivity contribution in [1.29, 1.82) is 0 Å². The van der Waals surface area contributed by atoms with Crippen molar-refractivity contribution >= 4 is 35.0 Å². The predicted octanol–water partition coefficient (Wildman–Crippen LogP) is 4.63. The molecule has 1 N–H and O–H groups in total. The van der Waals surface area contributed by atoms with Crippen LogP contribution in [0.2, 0.25) is 5.02 Å². The zero-order chi connectivity index (χ0) is 20.1. The molecule has 1 aromatic heterocycles. The van der Waals surface area contributed by atoms with Gasteiger partial charge in [-0.1, -0.05) is 11.6 Å². The summed E-state index contributed by atoms with van der Waals surface area (Å²) in [5.74, 6) is 0. The van der Waals surface area contributed by atoms with E-state index in [-0.39, 0.29) is 40.2 Å². The van der Waals surface area contributed by atoms with Crippen LogP contribution in [0.4, 0.5) is 13.2 Å². The van der Waals surface area contributed by atoms with E-state index in [4.69, 9.17) is 16.3 Å². The molecule has 0 spiro atoms. The van der Waals surface area contributed by atoms with Crippen molar-refractivity contribution in [3.8, 4) is 0 Å². The van der Waals surface area contributed by atoms with Crippen molar-refractivity contribution in [3.63, 3.8) is 0 Å². The van der Waals surface area contributed by atoms with Gasteiger partial charge in [-0.2, -0.15) is 13.2 Å². The molecule has 29 heavy (non-hydrogen) atoms. The van der Waals surface area contributed by atoms with Gasteiger partial charge in [0.15, 0.2) is 0 Å². The van der Waals surface area contributed by atoms with Gasteiger partial charge in [-0.05, 0) is 44.7 Å². The van der Waals surface area contributed by atoms with Gasteiger partial charge in [-0.25, -0.2) is 4.79 Å². The number of hydrogen-bond donors (Lipinski definition) is 1. The molecular weight excluding hydrogens is 430 g/mol. The smallest absolute Gasteiger partial charge is 0.381 e. The first-order valence-electron chi connectivity index (χ1n) is 9.53.